The summed E-state index contributed by atoms with van der Waals surface area (Å²) in [6, 6.07) is 6.01. The van der Waals surface area contributed by atoms with Gasteiger partial charge in [-0.15, -0.1) is 0 Å². The van der Waals surface area contributed by atoms with Gasteiger partial charge in [0.05, 0.1) is 6.54 Å². The SMILES string of the molecule is CNC(=O)CN(C)C(=O)CN1C(=O)[C@H](C)N(c2ccc(C)cc2)C1=O. The summed E-state index contributed by atoms with van der Waals surface area (Å²) < 4.78 is 0. The summed E-state index contributed by atoms with van der Waals surface area (Å²) in [4.78, 5) is 52.1. The fraction of sp³-hybridized carbons (Fsp3) is 0.412. The van der Waals surface area contributed by atoms with Gasteiger partial charge < -0.3 is 10.2 Å². The van der Waals surface area contributed by atoms with Crippen LogP contribution in [0.15, 0.2) is 24.3 Å². The van der Waals surface area contributed by atoms with Gasteiger partial charge in [0.1, 0.15) is 12.6 Å². The van der Waals surface area contributed by atoms with E-state index in [0.717, 1.165) is 10.5 Å². The molecule has 0 radical (unpaired) electrons. The predicted octanol–water partition coefficient (Wildman–Crippen LogP) is 0.357. The second-order valence-electron chi connectivity index (χ2n) is 6.01. The number of imide groups is 1. The predicted molar refractivity (Wildman–Crippen MR) is 91.9 cm³/mol. The van der Waals surface area contributed by atoms with Crippen molar-refractivity contribution in [3.63, 3.8) is 0 Å². The number of hydrogen-bond donors (Lipinski definition) is 1. The van der Waals surface area contributed by atoms with E-state index in [1.54, 1.807) is 19.1 Å². The number of amides is 5. The second-order valence-corrected chi connectivity index (χ2v) is 6.01. The number of carbonyl (C=O) groups excluding carboxylic acids is 4. The number of benzene rings is 1. The van der Waals surface area contributed by atoms with E-state index in [1.807, 2.05) is 19.1 Å². The maximum Gasteiger partial charge on any atom is 0.332 e. The Balaban J connectivity index is 2.13. The molecule has 134 valence electrons. The molecule has 1 fully saturated rings. The Hall–Kier alpha value is -2.90. The van der Waals surface area contributed by atoms with Crippen LogP contribution in [0.2, 0.25) is 0 Å². The van der Waals surface area contributed by atoms with Crippen molar-refractivity contribution in [2.24, 2.45) is 0 Å². The third kappa shape index (κ3) is 3.78. The molecule has 0 bridgehead atoms. The fourth-order valence-corrected chi connectivity index (χ4v) is 2.55. The Bertz CT molecular complexity index is 701. The maximum atomic E-state index is 12.6. The number of anilines is 1. The van der Waals surface area contributed by atoms with Gasteiger partial charge in [-0.25, -0.2) is 4.79 Å². The van der Waals surface area contributed by atoms with Gasteiger partial charge in [0, 0.05) is 19.8 Å². The van der Waals surface area contributed by atoms with Crippen molar-refractivity contribution in [3.05, 3.63) is 29.8 Å². The number of rotatable bonds is 5. The largest absolute Gasteiger partial charge is 0.358 e. The quantitative estimate of drug-likeness (QED) is 0.780. The summed E-state index contributed by atoms with van der Waals surface area (Å²) in [6.07, 6.45) is 0. The Kier molecular flexibility index (Phi) is 5.41. The molecule has 1 aromatic rings. The Morgan fingerprint density at radius 3 is 2.36 bits per heavy atom. The molecule has 0 unspecified atom stereocenters. The lowest BCUT2D eigenvalue weighted by Crippen LogP contribution is -2.44. The highest BCUT2D eigenvalue weighted by molar-refractivity contribution is 6.15. The fourth-order valence-electron chi connectivity index (χ4n) is 2.55. The van der Waals surface area contributed by atoms with E-state index in [2.05, 4.69) is 5.32 Å². The molecule has 1 aliphatic rings. The van der Waals surface area contributed by atoms with Crippen molar-refractivity contribution in [2.45, 2.75) is 19.9 Å². The first-order valence-corrected chi connectivity index (χ1v) is 7.92. The Morgan fingerprint density at radius 2 is 1.80 bits per heavy atom. The van der Waals surface area contributed by atoms with Crippen LogP contribution >= 0.6 is 0 Å². The maximum absolute atomic E-state index is 12.6. The number of nitrogens with one attached hydrogen (secondary N) is 1. The van der Waals surface area contributed by atoms with Crippen molar-refractivity contribution < 1.29 is 19.2 Å². The summed E-state index contributed by atoms with van der Waals surface area (Å²) >= 11 is 0. The number of aryl methyl sites for hydroxylation is 1. The molecule has 0 saturated carbocycles. The molecular formula is C17H22N4O4. The number of nitrogens with zero attached hydrogens (tertiary/aromatic N) is 3. The molecule has 1 N–H and O–H groups in total. The molecule has 0 aromatic heterocycles. The van der Waals surface area contributed by atoms with Gasteiger partial charge in [-0.05, 0) is 26.0 Å². The first-order chi connectivity index (χ1) is 11.8. The van der Waals surface area contributed by atoms with Crippen LogP contribution in [0.5, 0.6) is 0 Å². The van der Waals surface area contributed by atoms with Gasteiger partial charge in [-0.1, -0.05) is 17.7 Å². The van der Waals surface area contributed by atoms with Crippen LogP contribution in [0.3, 0.4) is 0 Å². The van der Waals surface area contributed by atoms with Crippen molar-refractivity contribution in [1.82, 2.24) is 15.1 Å². The normalized spacial score (nSPS) is 17.0. The average Bonchev–Trinajstić information content (AvgIpc) is 2.79. The minimum atomic E-state index is -0.688. The lowest BCUT2D eigenvalue weighted by molar-refractivity contribution is -0.138. The molecular weight excluding hydrogens is 324 g/mol. The topological polar surface area (TPSA) is 90.0 Å². The number of carbonyl (C=O) groups is 4. The average molecular weight is 346 g/mol. The zero-order chi connectivity index (χ0) is 18.7. The van der Waals surface area contributed by atoms with Crippen molar-refractivity contribution in [1.29, 1.82) is 0 Å². The zero-order valence-electron chi connectivity index (χ0n) is 14.8. The van der Waals surface area contributed by atoms with Gasteiger partial charge in [0.2, 0.25) is 11.8 Å². The van der Waals surface area contributed by atoms with Crippen LogP contribution in [0, 0.1) is 6.92 Å². The lowest BCUT2D eigenvalue weighted by Gasteiger charge is -2.21. The van der Waals surface area contributed by atoms with E-state index in [1.165, 1.54) is 23.9 Å². The van der Waals surface area contributed by atoms with Crippen molar-refractivity contribution >= 4 is 29.4 Å². The second kappa shape index (κ2) is 7.33. The molecule has 2 rings (SSSR count). The summed E-state index contributed by atoms with van der Waals surface area (Å²) in [5.74, 6) is -1.25. The van der Waals surface area contributed by atoms with Crippen LogP contribution in [-0.2, 0) is 14.4 Å². The van der Waals surface area contributed by atoms with Crippen LogP contribution in [0.1, 0.15) is 12.5 Å². The van der Waals surface area contributed by atoms with E-state index in [9.17, 15) is 19.2 Å². The monoisotopic (exact) mass is 346 g/mol. The highest BCUT2D eigenvalue weighted by Crippen LogP contribution is 2.26. The third-order valence-electron chi connectivity index (χ3n) is 4.14. The summed E-state index contributed by atoms with van der Waals surface area (Å²) in [5.41, 5.74) is 1.64. The molecule has 1 aromatic carbocycles. The highest BCUT2D eigenvalue weighted by atomic mass is 16.2. The van der Waals surface area contributed by atoms with Crippen LogP contribution < -0.4 is 10.2 Å². The van der Waals surface area contributed by atoms with E-state index in [-0.39, 0.29) is 12.5 Å². The number of likely N-dealkylation sites (N-methyl/N-ethyl adjacent to an activating group) is 2. The minimum Gasteiger partial charge on any atom is -0.358 e. The van der Waals surface area contributed by atoms with Crippen molar-refractivity contribution in [3.8, 4) is 0 Å². The van der Waals surface area contributed by atoms with Crippen LogP contribution in [0.4, 0.5) is 10.5 Å². The summed E-state index contributed by atoms with van der Waals surface area (Å²) in [7, 11) is 2.92. The molecule has 25 heavy (non-hydrogen) atoms. The van der Waals surface area contributed by atoms with E-state index in [4.69, 9.17) is 0 Å². The molecule has 1 saturated heterocycles. The molecule has 8 heteroatoms. The first-order valence-electron chi connectivity index (χ1n) is 7.92. The van der Waals surface area contributed by atoms with Gasteiger partial charge >= 0.3 is 6.03 Å². The molecule has 1 aliphatic heterocycles. The lowest BCUT2D eigenvalue weighted by atomic mass is 10.2. The molecule has 0 spiro atoms. The van der Waals surface area contributed by atoms with Crippen LogP contribution in [-0.4, -0.2) is 66.8 Å². The zero-order valence-corrected chi connectivity index (χ0v) is 14.8. The number of hydrogen-bond acceptors (Lipinski definition) is 4. The molecule has 1 heterocycles. The van der Waals surface area contributed by atoms with Gasteiger partial charge in [-0.3, -0.25) is 24.2 Å². The third-order valence-corrected chi connectivity index (χ3v) is 4.14. The van der Waals surface area contributed by atoms with Crippen LogP contribution in [0.25, 0.3) is 0 Å². The molecule has 1 atom stereocenters. The smallest absolute Gasteiger partial charge is 0.332 e. The number of urea groups is 1. The minimum absolute atomic E-state index is 0.136. The van der Waals surface area contributed by atoms with Gasteiger partial charge in [0.25, 0.3) is 5.91 Å². The van der Waals surface area contributed by atoms with Gasteiger partial charge in [-0.2, -0.15) is 0 Å². The standard InChI is InChI=1S/C17H22N4O4/c1-11-5-7-13(8-6-11)21-12(2)16(24)20(17(21)25)10-15(23)19(4)9-14(22)18-3/h5-8,12H,9-10H2,1-4H3,(H,18,22)/t12-/m0/s1. The molecule has 5 amide bonds. The van der Waals surface area contributed by atoms with E-state index < -0.39 is 30.4 Å². The van der Waals surface area contributed by atoms with Gasteiger partial charge in [0.15, 0.2) is 0 Å². The van der Waals surface area contributed by atoms with Crippen molar-refractivity contribution in [2.75, 3.05) is 32.1 Å². The van der Waals surface area contributed by atoms with E-state index >= 15 is 0 Å². The Labute approximate surface area is 146 Å². The molecule has 8 nitrogen and oxygen atoms in total. The Morgan fingerprint density at radius 1 is 1.20 bits per heavy atom. The first kappa shape index (κ1) is 18.4. The summed E-state index contributed by atoms with van der Waals surface area (Å²) in [6.45, 7) is 3.02. The molecule has 0 aliphatic carbocycles. The highest BCUT2D eigenvalue weighted by Gasteiger charge is 2.44. The summed E-state index contributed by atoms with van der Waals surface area (Å²) in [5, 5.41) is 2.41. The van der Waals surface area contributed by atoms with E-state index in [0.29, 0.717) is 5.69 Å².